The second-order valence-electron chi connectivity index (χ2n) is 7.55. The highest BCUT2D eigenvalue weighted by atomic mass is 19.4. The Bertz CT molecular complexity index is 863. The van der Waals surface area contributed by atoms with Crippen molar-refractivity contribution >= 4 is 5.96 Å². The van der Waals surface area contributed by atoms with Gasteiger partial charge in [-0.1, -0.05) is 26.0 Å². The third-order valence-corrected chi connectivity index (χ3v) is 4.50. The highest BCUT2D eigenvalue weighted by Crippen LogP contribution is 2.24. The van der Waals surface area contributed by atoms with Crippen molar-refractivity contribution < 1.29 is 23.0 Å². The SMILES string of the molecule is CCNC(=NCC(O)c1ccc(OC(F)(F)F)cc1)N(C)Cc1cn(C)nc1C(C)C. The number of aliphatic imine (C=N–C) groups is 1. The van der Waals surface area contributed by atoms with E-state index >= 15 is 0 Å². The Balaban J connectivity index is 2.07. The van der Waals surface area contributed by atoms with E-state index < -0.39 is 12.5 Å². The molecule has 0 saturated carbocycles. The van der Waals surface area contributed by atoms with Gasteiger partial charge in [-0.05, 0) is 30.5 Å². The minimum atomic E-state index is -4.75. The summed E-state index contributed by atoms with van der Waals surface area (Å²) in [6.07, 6.45) is -3.74. The minimum Gasteiger partial charge on any atom is -0.406 e. The summed E-state index contributed by atoms with van der Waals surface area (Å²) < 4.78 is 42.5. The smallest absolute Gasteiger partial charge is 0.406 e. The molecule has 2 rings (SSSR count). The molecule has 0 amide bonds. The summed E-state index contributed by atoms with van der Waals surface area (Å²) in [5.74, 6) is 0.560. The van der Waals surface area contributed by atoms with Crippen LogP contribution < -0.4 is 10.1 Å². The van der Waals surface area contributed by atoms with Gasteiger partial charge in [0, 0.05) is 38.9 Å². The van der Waals surface area contributed by atoms with Crippen molar-refractivity contribution in [1.82, 2.24) is 20.0 Å². The molecule has 0 aliphatic rings. The molecule has 1 aromatic heterocycles. The van der Waals surface area contributed by atoms with Crippen LogP contribution in [0, 0.1) is 0 Å². The van der Waals surface area contributed by atoms with Gasteiger partial charge in [-0.3, -0.25) is 9.67 Å². The number of rotatable bonds is 8. The van der Waals surface area contributed by atoms with Crippen LogP contribution in [-0.4, -0.2) is 52.2 Å². The fraction of sp³-hybridized carbons (Fsp3) is 0.524. The summed E-state index contributed by atoms with van der Waals surface area (Å²) in [7, 11) is 3.78. The van der Waals surface area contributed by atoms with Crippen LogP contribution in [0.25, 0.3) is 0 Å². The average molecular weight is 441 g/mol. The first kappa shape index (κ1) is 24.5. The lowest BCUT2D eigenvalue weighted by Gasteiger charge is -2.23. The van der Waals surface area contributed by atoms with E-state index in [1.807, 2.05) is 32.1 Å². The van der Waals surface area contributed by atoms with Crippen LogP contribution in [0.2, 0.25) is 0 Å². The largest absolute Gasteiger partial charge is 0.573 e. The lowest BCUT2D eigenvalue weighted by atomic mass is 10.1. The van der Waals surface area contributed by atoms with E-state index in [4.69, 9.17) is 0 Å². The topological polar surface area (TPSA) is 74.9 Å². The normalized spacial score (nSPS) is 13.4. The molecule has 1 unspecified atom stereocenters. The summed E-state index contributed by atoms with van der Waals surface area (Å²) >= 11 is 0. The number of aliphatic hydroxyl groups excluding tert-OH is 1. The number of halogens is 3. The first-order chi connectivity index (χ1) is 14.5. The van der Waals surface area contributed by atoms with Crippen molar-refractivity contribution in [2.45, 2.75) is 45.7 Å². The van der Waals surface area contributed by atoms with Gasteiger partial charge in [0.15, 0.2) is 5.96 Å². The number of ether oxygens (including phenoxy) is 1. The van der Waals surface area contributed by atoms with E-state index in [0.29, 0.717) is 24.6 Å². The second-order valence-corrected chi connectivity index (χ2v) is 7.55. The molecule has 1 atom stereocenters. The molecule has 7 nitrogen and oxygen atoms in total. The molecule has 172 valence electrons. The Morgan fingerprint density at radius 3 is 2.48 bits per heavy atom. The molecule has 0 bridgehead atoms. The van der Waals surface area contributed by atoms with Gasteiger partial charge in [0.2, 0.25) is 0 Å². The van der Waals surface area contributed by atoms with Gasteiger partial charge in [-0.25, -0.2) is 0 Å². The van der Waals surface area contributed by atoms with Crippen molar-refractivity contribution in [2.75, 3.05) is 20.1 Å². The fourth-order valence-electron chi connectivity index (χ4n) is 3.13. The van der Waals surface area contributed by atoms with Crippen LogP contribution in [0.5, 0.6) is 5.75 Å². The van der Waals surface area contributed by atoms with Crippen molar-refractivity contribution in [1.29, 1.82) is 0 Å². The lowest BCUT2D eigenvalue weighted by molar-refractivity contribution is -0.274. The summed E-state index contributed by atoms with van der Waals surface area (Å²) in [5.41, 5.74) is 2.56. The quantitative estimate of drug-likeness (QED) is 0.484. The van der Waals surface area contributed by atoms with Gasteiger partial charge in [0.05, 0.1) is 18.3 Å². The number of benzene rings is 1. The van der Waals surface area contributed by atoms with Crippen molar-refractivity contribution in [3.63, 3.8) is 0 Å². The number of guanidine groups is 1. The average Bonchev–Trinajstić information content (AvgIpc) is 3.04. The standard InChI is InChI=1S/C21H30F3N5O2/c1-6-25-20(28(4)12-16-13-29(5)27-19(16)14(2)3)26-11-18(30)15-7-9-17(10-8-15)31-21(22,23)24/h7-10,13-14,18,30H,6,11-12H2,1-5H3,(H,25,26). The van der Waals surface area contributed by atoms with Crippen LogP contribution in [0.4, 0.5) is 13.2 Å². The molecular formula is C21H30F3N5O2. The number of aliphatic hydroxyl groups is 1. The second kappa shape index (κ2) is 10.5. The molecule has 0 saturated heterocycles. The molecule has 0 spiro atoms. The predicted molar refractivity (Wildman–Crippen MR) is 113 cm³/mol. The van der Waals surface area contributed by atoms with E-state index in [-0.39, 0.29) is 18.2 Å². The molecule has 0 radical (unpaired) electrons. The maximum absolute atomic E-state index is 12.3. The zero-order valence-electron chi connectivity index (χ0n) is 18.4. The molecule has 10 heteroatoms. The molecule has 1 aromatic carbocycles. The number of hydrogen-bond acceptors (Lipinski definition) is 4. The number of nitrogens with one attached hydrogen (secondary N) is 1. The van der Waals surface area contributed by atoms with Crippen LogP contribution in [-0.2, 0) is 13.6 Å². The highest BCUT2D eigenvalue weighted by molar-refractivity contribution is 5.79. The van der Waals surface area contributed by atoms with E-state index in [2.05, 4.69) is 34.0 Å². The maximum Gasteiger partial charge on any atom is 0.573 e. The Hall–Kier alpha value is -2.75. The summed E-state index contributed by atoms with van der Waals surface area (Å²) in [4.78, 5) is 6.44. The Labute approximate surface area is 180 Å². The molecule has 2 aromatic rings. The third-order valence-electron chi connectivity index (χ3n) is 4.50. The molecule has 31 heavy (non-hydrogen) atoms. The van der Waals surface area contributed by atoms with Gasteiger partial charge in [-0.2, -0.15) is 5.10 Å². The number of hydrogen-bond donors (Lipinski definition) is 2. The molecule has 0 aliphatic heterocycles. The van der Waals surface area contributed by atoms with Gasteiger partial charge >= 0.3 is 6.36 Å². The zero-order valence-corrected chi connectivity index (χ0v) is 18.4. The van der Waals surface area contributed by atoms with E-state index in [9.17, 15) is 18.3 Å². The van der Waals surface area contributed by atoms with Gasteiger partial charge in [0.1, 0.15) is 5.75 Å². The summed E-state index contributed by atoms with van der Waals surface area (Å²) in [6.45, 7) is 7.41. The number of aryl methyl sites for hydroxylation is 1. The first-order valence-electron chi connectivity index (χ1n) is 10.1. The predicted octanol–water partition coefficient (Wildman–Crippen LogP) is 3.57. The third kappa shape index (κ3) is 7.46. The monoisotopic (exact) mass is 441 g/mol. The van der Waals surface area contributed by atoms with Crippen molar-refractivity contribution in [3.05, 3.63) is 47.3 Å². The summed E-state index contributed by atoms with van der Waals surface area (Å²) in [5, 5.41) is 18.1. The minimum absolute atomic E-state index is 0.0518. The first-order valence-corrected chi connectivity index (χ1v) is 10.1. The number of alkyl halides is 3. The molecule has 0 fully saturated rings. The van der Waals surface area contributed by atoms with Gasteiger partial charge in [0.25, 0.3) is 0 Å². The van der Waals surface area contributed by atoms with E-state index in [0.717, 1.165) is 11.3 Å². The Kier molecular flexibility index (Phi) is 8.32. The fourth-order valence-corrected chi connectivity index (χ4v) is 3.13. The van der Waals surface area contributed by atoms with Crippen molar-refractivity contribution in [3.8, 4) is 5.75 Å². The van der Waals surface area contributed by atoms with Crippen LogP contribution in [0.1, 0.15) is 49.6 Å². The highest BCUT2D eigenvalue weighted by Gasteiger charge is 2.31. The van der Waals surface area contributed by atoms with Gasteiger partial charge < -0.3 is 20.1 Å². The zero-order chi connectivity index (χ0) is 23.2. The van der Waals surface area contributed by atoms with Crippen molar-refractivity contribution in [2.24, 2.45) is 12.0 Å². The van der Waals surface area contributed by atoms with Crippen LogP contribution >= 0.6 is 0 Å². The Morgan fingerprint density at radius 2 is 1.94 bits per heavy atom. The molecular weight excluding hydrogens is 411 g/mol. The van der Waals surface area contributed by atoms with Crippen LogP contribution in [0.3, 0.4) is 0 Å². The van der Waals surface area contributed by atoms with Crippen LogP contribution in [0.15, 0.2) is 35.5 Å². The molecule has 1 heterocycles. The number of aromatic nitrogens is 2. The Morgan fingerprint density at radius 1 is 1.29 bits per heavy atom. The lowest BCUT2D eigenvalue weighted by Crippen LogP contribution is -2.39. The maximum atomic E-state index is 12.3. The van der Waals surface area contributed by atoms with E-state index in [1.165, 1.54) is 24.3 Å². The van der Waals surface area contributed by atoms with E-state index in [1.54, 1.807) is 4.68 Å². The van der Waals surface area contributed by atoms with Gasteiger partial charge in [-0.15, -0.1) is 13.2 Å². The molecule has 2 N–H and O–H groups in total. The summed E-state index contributed by atoms with van der Waals surface area (Å²) in [6, 6.07) is 5.12. The molecule has 0 aliphatic carbocycles. The number of nitrogens with zero attached hydrogens (tertiary/aromatic N) is 4.